The summed E-state index contributed by atoms with van der Waals surface area (Å²) in [5.41, 5.74) is 1.70. The smallest absolute Gasteiger partial charge is 0.341 e. The van der Waals surface area contributed by atoms with Gasteiger partial charge in [0.1, 0.15) is 16.5 Å². The van der Waals surface area contributed by atoms with Crippen molar-refractivity contribution >= 4 is 57.5 Å². The van der Waals surface area contributed by atoms with Crippen molar-refractivity contribution in [1.82, 2.24) is 0 Å². The summed E-state index contributed by atoms with van der Waals surface area (Å²) in [7, 11) is 3.06. The summed E-state index contributed by atoms with van der Waals surface area (Å²) in [5, 5.41) is 6.21. The van der Waals surface area contributed by atoms with Gasteiger partial charge in [-0.15, -0.1) is 11.3 Å². The molecular formula is C26H25ClN2O6S. The highest BCUT2D eigenvalue weighted by Crippen LogP contribution is 2.34. The standard InChI is InChI=1S/C26H25ClN2O6S/c1-5-35-26(32)22-15(2)23(24(31)28-18-9-7-17(27)8-10-18)36-25(22)29-21(30)13-6-16-14-19(33-3)11-12-20(16)34-4/h6-14H,5H2,1-4H3,(H,28,31)(H,29,30)/b13-6+. The number of thiophene rings is 1. The Hall–Kier alpha value is -3.82. The Labute approximate surface area is 217 Å². The molecule has 2 aromatic carbocycles. The summed E-state index contributed by atoms with van der Waals surface area (Å²) in [6.07, 6.45) is 2.87. The molecular weight excluding hydrogens is 504 g/mol. The number of carbonyl (C=O) groups excluding carboxylic acids is 3. The maximum absolute atomic E-state index is 13.0. The van der Waals surface area contributed by atoms with Crippen molar-refractivity contribution in [3.8, 4) is 11.5 Å². The number of rotatable bonds is 9. The van der Waals surface area contributed by atoms with E-state index in [0.717, 1.165) is 11.3 Å². The minimum absolute atomic E-state index is 0.129. The first kappa shape index (κ1) is 26.8. The fourth-order valence-corrected chi connectivity index (χ4v) is 4.50. The second kappa shape index (κ2) is 12.2. The van der Waals surface area contributed by atoms with Crippen LogP contribution in [0.25, 0.3) is 6.08 Å². The van der Waals surface area contributed by atoms with Crippen LogP contribution in [0, 0.1) is 6.92 Å². The minimum Gasteiger partial charge on any atom is -0.497 e. The van der Waals surface area contributed by atoms with Gasteiger partial charge in [0, 0.05) is 22.3 Å². The number of methoxy groups -OCH3 is 2. The second-order valence-electron chi connectivity index (χ2n) is 7.37. The predicted octanol–water partition coefficient (Wildman–Crippen LogP) is 5.81. The molecule has 0 saturated carbocycles. The molecule has 0 aliphatic rings. The van der Waals surface area contributed by atoms with Gasteiger partial charge in [0.05, 0.1) is 31.3 Å². The summed E-state index contributed by atoms with van der Waals surface area (Å²) >= 11 is 6.89. The highest BCUT2D eigenvalue weighted by molar-refractivity contribution is 7.19. The van der Waals surface area contributed by atoms with Gasteiger partial charge in [0.25, 0.3) is 5.91 Å². The molecule has 0 atom stereocenters. The summed E-state index contributed by atoms with van der Waals surface area (Å²) in [6, 6.07) is 11.8. The number of hydrogen-bond acceptors (Lipinski definition) is 7. The van der Waals surface area contributed by atoms with Crippen LogP contribution in [0.15, 0.2) is 48.5 Å². The number of halogens is 1. The van der Waals surface area contributed by atoms with E-state index in [1.807, 2.05) is 0 Å². The number of amides is 2. The van der Waals surface area contributed by atoms with Crippen molar-refractivity contribution in [2.45, 2.75) is 13.8 Å². The van der Waals surface area contributed by atoms with E-state index < -0.39 is 17.8 Å². The first-order chi connectivity index (χ1) is 17.3. The van der Waals surface area contributed by atoms with Gasteiger partial charge in [-0.3, -0.25) is 9.59 Å². The van der Waals surface area contributed by atoms with E-state index in [1.54, 1.807) is 69.5 Å². The van der Waals surface area contributed by atoms with E-state index in [1.165, 1.54) is 13.2 Å². The molecule has 1 aromatic heterocycles. The molecule has 0 aliphatic heterocycles. The van der Waals surface area contributed by atoms with Gasteiger partial charge in [0.2, 0.25) is 5.91 Å². The van der Waals surface area contributed by atoms with Crippen LogP contribution in [0.3, 0.4) is 0 Å². The molecule has 0 fully saturated rings. The number of anilines is 2. The zero-order chi connectivity index (χ0) is 26.2. The van der Waals surface area contributed by atoms with E-state index in [-0.39, 0.29) is 22.0 Å². The number of benzene rings is 2. The molecule has 0 bridgehead atoms. The molecule has 2 amide bonds. The van der Waals surface area contributed by atoms with E-state index >= 15 is 0 Å². The molecule has 3 rings (SSSR count). The molecule has 1 heterocycles. The van der Waals surface area contributed by atoms with Gasteiger partial charge >= 0.3 is 5.97 Å². The molecule has 0 saturated heterocycles. The van der Waals surface area contributed by atoms with Crippen molar-refractivity contribution < 1.29 is 28.6 Å². The highest BCUT2D eigenvalue weighted by Gasteiger charge is 2.26. The Morgan fingerprint density at radius 3 is 2.39 bits per heavy atom. The fourth-order valence-electron chi connectivity index (χ4n) is 3.28. The van der Waals surface area contributed by atoms with Crippen LogP contribution in [0.5, 0.6) is 11.5 Å². The first-order valence-corrected chi connectivity index (χ1v) is 12.0. The van der Waals surface area contributed by atoms with Gasteiger partial charge in [-0.1, -0.05) is 11.6 Å². The van der Waals surface area contributed by atoms with E-state index in [0.29, 0.717) is 33.3 Å². The molecule has 10 heteroatoms. The summed E-state index contributed by atoms with van der Waals surface area (Å²) < 4.78 is 15.7. The summed E-state index contributed by atoms with van der Waals surface area (Å²) in [5.74, 6) is -0.407. The van der Waals surface area contributed by atoms with Crippen LogP contribution in [0.2, 0.25) is 5.02 Å². The summed E-state index contributed by atoms with van der Waals surface area (Å²) in [6.45, 7) is 3.45. The average molecular weight is 529 g/mol. The summed E-state index contributed by atoms with van der Waals surface area (Å²) in [4.78, 5) is 38.6. The lowest BCUT2D eigenvalue weighted by Gasteiger charge is -2.07. The zero-order valence-electron chi connectivity index (χ0n) is 20.1. The van der Waals surface area contributed by atoms with Crippen molar-refractivity contribution in [2.24, 2.45) is 0 Å². The van der Waals surface area contributed by atoms with Crippen LogP contribution in [0.1, 0.15) is 38.1 Å². The van der Waals surface area contributed by atoms with Crippen LogP contribution in [-0.2, 0) is 9.53 Å². The van der Waals surface area contributed by atoms with Crippen molar-refractivity contribution in [3.05, 3.63) is 75.1 Å². The predicted molar refractivity (Wildman–Crippen MR) is 142 cm³/mol. The van der Waals surface area contributed by atoms with Crippen LogP contribution in [0.4, 0.5) is 10.7 Å². The number of hydrogen-bond donors (Lipinski definition) is 2. The van der Waals surface area contributed by atoms with Crippen molar-refractivity contribution in [1.29, 1.82) is 0 Å². The van der Waals surface area contributed by atoms with E-state index in [9.17, 15) is 14.4 Å². The van der Waals surface area contributed by atoms with Gasteiger partial charge < -0.3 is 24.8 Å². The first-order valence-electron chi connectivity index (χ1n) is 10.9. The topological polar surface area (TPSA) is 103 Å². The lowest BCUT2D eigenvalue weighted by atomic mass is 10.1. The third kappa shape index (κ3) is 6.44. The van der Waals surface area contributed by atoms with Gasteiger partial charge in [-0.25, -0.2) is 4.79 Å². The van der Waals surface area contributed by atoms with Gasteiger partial charge in [-0.05, 0) is 68.0 Å². The molecule has 36 heavy (non-hydrogen) atoms. The molecule has 2 N–H and O–H groups in total. The van der Waals surface area contributed by atoms with Crippen molar-refractivity contribution in [3.63, 3.8) is 0 Å². The Kier molecular flexibility index (Phi) is 9.10. The fraction of sp³-hybridized carbons (Fsp3) is 0.192. The Balaban J connectivity index is 1.88. The third-order valence-electron chi connectivity index (χ3n) is 5.02. The number of nitrogens with one attached hydrogen (secondary N) is 2. The van der Waals surface area contributed by atoms with E-state index in [4.69, 9.17) is 25.8 Å². The molecule has 0 spiro atoms. The Morgan fingerprint density at radius 2 is 1.75 bits per heavy atom. The number of esters is 1. The van der Waals surface area contributed by atoms with Crippen LogP contribution in [-0.4, -0.2) is 38.6 Å². The molecule has 188 valence electrons. The number of carbonyl (C=O) groups is 3. The molecule has 8 nitrogen and oxygen atoms in total. The van der Waals surface area contributed by atoms with Gasteiger partial charge in [0.15, 0.2) is 0 Å². The molecule has 0 radical (unpaired) electrons. The van der Waals surface area contributed by atoms with Gasteiger partial charge in [-0.2, -0.15) is 0 Å². The lowest BCUT2D eigenvalue weighted by Crippen LogP contribution is -2.13. The number of ether oxygens (including phenoxy) is 3. The molecule has 0 unspecified atom stereocenters. The van der Waals surface area contributed by atoms with E-state index in [2.05, 4.69) is 10.6 Å². The Bertz CT molecular complexity index is 1300. The maximum Gasteiger partial charge on any atom is 0.341 e. The quantitative estimate of drug-likeness (QED) is 0.268. The third-order valence-corrected chi connectivity index (χ3v) is 6.48. The zero-order valence-corrected chi connectivity index (χ0v) is 21.7. The molecule has 0 aliphatic carbocycles. The second-order valence-corrected chi connectivity index (χ2v) is 8.83. The van der Waals surface area contributed by atoms with Crippen LogP contribution >= 0.6 is 22.9 Å². The average Bonchev–Trinajstić information content (AvgIpc) is 3.19. The molecule has 3 aromatic rings. The monoisotopic (exact) mass is 528 g/mol. The SMILES string of the molecule is CCOC(=O)c1c(NC(=O)/C=C/c2cc(OC)ccc2OC)sc(C(=O)Nc2ccc(Cl)cc2)c1C. The minimum atomic E-state index is -0.634. The normalized spacial score (nSPS) is 10.7. The highest BCUT2D eigenvalue weighted by atomic mass is 35.5. The Morgan fingerprint density at radius 1 is 1.03 bits per heavy atom. The largest absolute Gasteiger partial charge is 0.497 e. The maximum atomic E-state index is 13.0. The van der Waals surface area contributed by atoms with Crippen LogP contribution < -0.4 is 20.1 Å². The van der Waals surface area contributed by atoms with Crippen molar-refractivity contribution in [2.75, 3.05) is 31.5 Å². The lowest BCUT2D eigenvalue weighted by molar-refractivity contribution is -0.111.